The van der Waals surface area contributed by atoms with Crippen molar-refractivity contribution < 1.29 is 13.2 Å². The lowest BCUT2D eigenvalue weighted by Crippen LogP contribution is -2.11. The summed E-state index contributed by atoms with van der Waals surface area (Å²) < 4.78 is 38.6. The van der Waals surface area contributed by atoms with E-state index >= 15 is 0 Å². The molecule has 3 heteroatoms. The second-order valence-corrected chi connectivity index (χ2v) is 6.77. The lowest BCUT2D eigenvalue weighted by molar-refractivity contribution is 0.375. The molecule has 0 atom stereocenters. The van der Waals surface area contributed by atoms with E-state index in [4.69, 9.17) is 0 Å². The summed E-state index contributed by atoms with van der Waals surface area (Å²) in [6.07, 6.45) is 9.19. The SMILES string of the molecule is FCCC=C[C@H]1CC[C@H](c2ccc(-c3ccc(F)c(F)c3)cc2)CC1. The minimum Gasteiger partial charge on any atom is -0.251 e. The first-order valence-electron chi connectivity index (χ1n) is 8.95. The molecule has 1 aliphatic carbocycles. The highest BCUT2D eigenvalue weighted by Gasteiger charge is 2.20. The van der Waals surface area contributed by atoms with Crippen molar-refractivity contribution in [1.29, 1.82) is 0 Å². The van der Waals surface area contributed by atoms with Crippen LogP contribution in [0.15, 0.2) is 54.6 Å². The van der Waals surface area contributed by atoms with Gasteiger partial charge in [-0.05, 0) is 72.8 Å². The van der Waals surface area contributed by atoms with Crippen LogP contribution in [0.3, 0.4) is 0 Å². The van der Waals surface area contributed by atoms with Gasteiger partial charge in [-0.25, -0.2) is 8.78 Å². The Bertz CT molecular complexity index is 711. The molecule has 0 heterocycles. The maximum absolute atomic E-state index is 13.4. The average Bonchev–Trinajstić information content (AvgIpc) is 2.65. The van der Waals surface area contributed by atoms with Gasteiger partial charge in [0, 0.05) is 0 Å². The van der Waals surface area contributed by atoms with Gasteiger partial charge in [0.25, 0.3) is 0 Å². The van der Waals surface area contributed by atoms with Crippen molar-refractivity contribution in [2.24, 2.45) is 5.92 Å². The van der Waals surface area contributed by atoms with Crippen LogP contribution >= 0.6 is 0 Å². The quantitative estimate of drug-likeness (QED) is 0.522. The monoisotopic (exact) mass is 344 g/mol. The van der Waals surface area contributed by atoms with Gasteiger partial charge in [-0.15, -0.1) is 0 Å². The van der Waals surface area contributed by atoms with E-state index in [1.54, 1.807) is 6.07 Å². The van der Waals surface area contributed by atoms with Crippen molar-refractivity contribution >= 4 is 0 Å². The fourth-order valence-electron chi connectivity index (χ4n) is 3.62. The van der Waals surface area contributed by atoms with Crippen LogP contribution in [0.25, 0.3) is 11.1 Å². The number of rotatable bonds is 5. The minimum atomic E-state index is -0.822. The maximum Gasteiger partial charge on any atom is 0.159 e. The predicted molar refractivity (Wildman–Crippen MR) is 96.2 cm³/mol. The van der Waals surface area contributed by atoms with E-state index in [2.05, 4.69) is 18.2 Å². The molecule has 132 valence electrons. The number of allylic oxidation sites excluding steroid dienone is 2. The molecule has 0 amide bonds. The third-order valence-electron chi connectivity index (χ3n) is 5.09. The summed E-state index contributed by atoms with van der Waals surface area (Å²) in [4.78, 5) is 0. The molecule has 2 aromatic carbocycles. The number of alkyl halides is 1. The van der Waals surface area contributed by atoms with Gasteiger partial charge in [0.1, 0.15) is 0 Å². The van der Waals surface area contributed by atoms with Crippen molar-refractivity contribution in [3.8, 4) is 11.1 Å². The van der Waals surface area contributed by atoms with Gasteiger partial charge in [-0.2, -0.15) is 0 Å². The third kappa shape index (κ3) is 4.53. The molecule has 0 spiro atoms. The van der Waals surface area contributed by atoms with E-state index in [9.17, 15) is 13.2 Å². The molecule has 0 nitrogen and oxygen atoms in total. The molecule has 0 N–H and O–H groups in total. The summed E-state index contributed by atoms with van der Waals surface area (Å²) in [7, 11) is 0. The molecule has 2 aromatic rings. The highest BCUT2D eigenvalue weighted by molar-refractivity contribution is 5.63. The Labute approximate surface area is 147 Å². The summed E-state index contributed by atoms with van der Waals surface area (Å²) in [5, 5.41) is 0. The van der Waals surface area contributed by atoms with Gasteiger partial charge in [0.05, 0.1) is 6.67 Å². The fraction of sp³-hybridized carbons (Fsp3) is 0.364. The molecule has 0 aliphatic heterocycles. The van der Waals surface area contributed by atoms with E-state index in [1.807, 2.05) is 18.2 Å². The molecular weight excluding hydrogens is 321 g/mol. The van der Waals surface area contributed by atoms with Crippen LogP contribution in [0.1, 0.15) is 43.6 Å². The number of hydrogen-bond acceptors (Lipinski definition) is 0. The molecule has 0 radical (unpaired) electrons. The van der Waals surface area contributed by atoms with Crippen LogP contribution in [0.5, 0.6) is 0 Å². The molecule has 0 bridgehead atoms. The molecular formula is C22H23F3. The highest BCUT2D eigenvalue weighted by atomic mass is 19.2. The third-order valence-corrected chi connectivity index (χ3v) is 5.09. The first kappa shape index (κ1) is 17.8. The van der Waals surface area contributed by atoms with Gasteiger partial charge in [0.2, 0.25) is 0 Å². The van der Waals surface area contributed by atoms with Gasteiger partial charge in [0.15, 0.2) is 11.6 Å². The standard InChI is InChI=1S/C22H23F3/c23-14-2-1-3-16-4-6-17(7-5-16)18-8-10-19(11-9-18)20-12-13-21(24)22(25)15-20/h1,3,8-13,15-17H,2,4-7,14H2/t16-,17-. The van der Waals surface area contributed by atoms with E-state index < -0.39 is 11.6 Å². The smallest absolute Gasteiger partial charge is 0.159 e. The van der Waals surface area contributed by atoms with Crippen LogP contribution in [0, 0.1) is 17.6 Å². The van der Waals surface area contributed by atoms with Crippen molar-refractivity contribution in [3.63, 3.8) is 0 Å². The zero-order chi connectivity index (χ0) is 17.6. The maximum atomic E-state index is 13.4. The summed E-state index contributed by atoms with van der Waals surface area (Å²) in [5.74, 6) is -0.521. The van der Waals surface area contributed by atoms with Gasteiger partial charge >= 0.3 is 0 Å². The van der Waals surface area contributed by atoms with Crippen molar-refractivity contribution in [1.82, 2.24) is 0 Å². The normalized spacial score (nSPS) is 20.9. The Morgan fingerprint density at radius 2 is 1.52 bits per heavy atom. The molecule has 1 fully saturated rings. The number of halogens is 3. The Balaban J connectivity index is 1.62. The van der Waals surface area contributed by atoms with E-state index in [0.717, 1.165) is 37.3 Å². The number of hydrogen-bond donors (Lipinski definition) is 0. The molecule has 1 saturated carbocycles. The van der Waals surface area contributed by atoms with Crippen LogP contribution < -0.4 is 0 Å². The van der Waals surface area contributed by atoms with Crippen LogP contribution in [0.2, 0.25) is 0 Å². The molecule has 0 unspecified atom stereocenters. The Morgan fingerprint density at radius 1 is 0.840 bits per heavy atom. The molecule has 1 aliphatic rings. The second-order valence-electron chi connectivity index (χ2n) is 6.77. The number of benzene rings is 2. The molecule has 0 aromatic heterocycles. The molecule has 3 rings (SSSR count). The first-order chi connectivity index (χ1) is 12.2. The van der Waals surface area contributed by atoms with E-state index in [-0.39, 0.29) is 6.67 Å². The van der Waals surface area contributed by atoms with Crippen molar-refractivity contribution in [3.05, 3.63) is 71.8 Å². The van der Waals surface area contributed by atoms with E-state index in [1.165, 1.54) is 11.6 Å². The Hall–Kier alpha value is -2.03. The minimum absolute atomic E-state index is 0.282. The van der Waals surface area contributed by atoms with Gasteiger partial charge < -0.3 is 0 Å². The topological polar surface area (TPSA) is 0 Å². The van der Waals surface area contributed by atoms with Crippen molar-refractivity contribution in [2.75, 3.05) is 6.67 Å². The fourth-order valence-corrected chi connectivity index (χ4v) is 3.62. The second kappa shape index (κ2) is 8.37. The summed E-state index contributed by atoms with van der Waals surface area (Å²) in [5.41, 5.74) is 2.88. The largest absolute Gasteiger partial charge is 0.251 e. The zero-order valence-corrected chi connectivity index (χ0v) is 14.2. The van der Waals surface area contributed by atoms with Crippen LogP contribution in [0.4, 0.5) is 13.2 Å². The van der Waals surface area contributed by atoms with Crippen molar-refractivity contribution in [2.45, 2.75) is 38.0 Å². The molecule has 25 heavy (non-hydrogen) atoms. The Morgan fingerprint density at radius 3 is 2.16 bits per heavy atom. The van der Waals surface area contributed by atoms with Gasteiger partial charge in [-0.1, -0.05) is 42.5 Å². The average molecular weight is 344 g/mol. The predicted octanol–water partition coefficient (Wildman–Crippen LogP) is 6.82. The highest BCUT2D eigenvalue weighted by Crippen LogP contribution is 2.37. The zero-order valence-electron chi connectivity index (χ0n) is 14.2. The Kier molecular flexibility index (Phi) is 5.95. The lowest BCUT2D eigenvalue weighted by atomic mass is 9.78. The summed E-state index contributed by atoms with van der Waals surface area (Å²) >= 11 is 0. The van der Waals surface area contributed by atoms with Crippen LogP contribution in [-0.2, 0) is 0 Å². The lowest BCUT2D eigenvalue weighted by Gasteiger charge is -2.27. The first-order valence-corrected chi connectivity index (χ1v) is 8.95. The summed E-state index contributed by atoms with van der Waals surface area (Å²) in [6, 6.07) is 12.2. The summed E-state index contributed by atoms with van der Waals surface area (Å²) in [6.45, 7) is -0.282. The van der Waals surface area contributed by atoms with Crippen LogP contribution in [-0.4, -0.2) is 6.67 Å². The molecule has 0 saturated heterocycles. The van der Waals surface area contributed by atoms with Gasteiger partial charge in [-0.3, -0.25) is 4.39 Å². The van der Waals surface area contributed by atoms with E-state index in [0.29, 0.717) is 23.8 Å².